The molecule has 24 heavy (non-hydrogen) atoms. The predicted octanol–water partition coefficient (Wildman–Crippen LogP) is 2.40. The maximum absolute atomic E-state index is 12.5. The first kappa shape index (κ1) is 18.5. The van der Waals surface area contributed by atoms with Crippen LogP contribution in [0.3, 0.4) is 0 Å². The number of hydrogen-bond donors (Lipinski definition) is 2. The van der Waals surface area contributed by atoms with Crippen LogP contribution in [0.2, 0.25) is 0 Å². The van der Waals surface area contributed by atoms with Crippen LogP contribution < -0.4 is 11.2 Å². The van der Waals surface area contributed by atoms with Gasteiger partial charge in [-0.1, -0.05) is 23.8 Å². The van der Waals surface area contributed by atoms with Gasteiger partial charge < -0.3 is 10.2 Å². The minimum atomic E-state index is -0.292. The molecule has 0 aliphatic rings. The highest BCUT2D eigenvalue weighted by atomic mass is 79.9. The number of hydrogen-bond acceptors (Lipinski definition) is 5. The fourth-order valence-electron chi connectivity index (χ4n) is 2.48. The van der Waals surface area contributed by atoms with Crippen LogP contribution in [0.4, 0.5) is 0 Å². The molecule has 0 fully saturated rings. The Morgan fingerprint density at radius 2 is 2.12 bits per heavy atom. The summed E-state index contributed by atoms with van der Waals surface area (Å²) in [6, 6.07) is 5.97. The minimum absolute atomic E-state index is 0.209. The van der Waals surface area contributed by atoms with Crippen LogP contribution in [0.25, 0.3) is 0 Å². The van der Waals surface area contributed by atoms with Gasteiger partial charge in [0.05, 0.1) is 17.1 Å². The van der Waals surface area contributed by atoms with Crippen molar-refractivity contribution < 1.29 is 9.63 Å². The van der Waals surface area contributed by atoms with Crippen molar-refractivity contribution in [2.75, 3.05) is 6.61 Å². The lowest BCUT2D eigenvalue weighted by atomic mass is 9.99. The van der Waals surface area contributed by atoms with Crippen LogP contribution in [-0.2, 0) is 11.3 Å². The molecule has 0 aliphatic carbocycles. The Hall–Kier alpha value is -1.83. The Balaban J connectivity index is 2.15. The second kappa shape index (κ2) is 8.32. The largest absolute Gasteiger partial charge is 0.345 e. The molecule has 2 aromatic rings. The summed E-state index contributed by atoms with van der Waals surface area (Å²) >= 11 is 3.30. The highest BCUT2D eigenvalue weighted by Crippen LogP contribution is 2.15. The Kier molecular flexibility index (Phi) is 6.42. The highest BCUT2D eigenvalue weighted by Gasteiger charge is 2.19. The van der Waals surface area contributed by atoms with Gasteiger partial charge in [-0.2, -0.15) is 0 Å². The molecule has 0 bridgehead atoms. The number of aromatic nitrogens is 2. The Morgan fingerprint density at radius 3 is 2.79 bits per heavy atom. The van der Waals surface area contributed by atoms with E-state index in [1.165, 1.54) is 11.1 Å². The molecule has 0 saturated heterocycles. The molecule has 1 aromatic heterocycles. The standard InChI is InChI=1S/C17H21BrN4O2/c1-10-4-5-13(11(2)6-10)7-14(9-24-19)22-17(23)16-15(18)8-20-12(3)21-16/h4-6,8,14H,7,9,19H2,1-3H3,(H,22,23). The number of carbonyl (C=O) groups is 1. The van der Waals surface area contributed by atoms with E-state index in [9.17, 15) is 4.79 Å². The molecule has 1 heterocycles. The van der Waals surface area contributed by atoms with E-state index in [-0.39, 0.29) is 18.6 Å². The first-order valence-electron chi connectivity index (χ1n) is 7.58. The van der Waals surface area contributed by atoms with Crippen molar-refractivity contribution in [3.8, 4) is 0 Å². The number of halogens is 1. The van der Waals surface area contributed by atoms with Crippen molar-refractivity contribution in [3.05, 3.63) is 57.1 Å². The fourth-order valence-corrected chi connectivity index (χ4v) is 2.85. The lowest BCUT2D eigenvalue weighted by Gasteiger charge is -2.19. The van der Waals surface area contributed by atoms with Crippen molar-refractivity contribution in [1.82, 2.24) is 15.3 Å². The van der Waals surface area contributed by atoms with Gasteiger partial charge in [-0.25, -0.2) is 15.9 Å². The number of nitrogens with zero attached hydrogens (tertiary/aromatic N) is 2. The van der Waals surface area contributed by atoms with Gasteiger partial charge >= 0.3 is 0 Å². The summed E-state index contributed by atoms with van der Waals surface area (Å²) in [5.41, 5.74) is 3.81. The summed E-state index contributed by atoms with van der Waals surface area (Å²) in [4.78, 5) is 25.5. The number of aryl methyl sites for hydroxylation is 3. The zero-order valence-corrected chi connectivity index (χ0v) is 15.6. The van der Waals surface area contributed by atoms with E-state index in [2.05, 4.69) is 56.3 Å². The first-order chi connectivity index (χ1) is 11.4. The zero-order chi connectivity index (χ0) is 17.7. The third-order valence-electron chi connectivity index (χ3n) is 3.68. The summed E-state index contributed by atoms with van der Waals surface area (Å²) in [6.45, 7) is 6.04. The van der Waals surface area contributed by atoms with Gasteiger partial charge in [0.25, 0.3) is 5.91 Å². The normalized spacial score (nSPS) is 12.0. The van der Waals surface area contributed by atoms with Gasteiger partial charge in [0.1, 0.15) is 11.5 Å². The second-order valence-corrected chi connectivity index (χ2v) is 6.61. The molecule has 1 atom stereocenters. The SMILES string of the molecule is Cc1ccc(CC(CON)NC(=O)c2nc(C)ncc2Br)c(C)c1. The molecule has 6 nitrogen and oxygen atoms in total. The van der Waals surface area contributed by atoms with E-state index in [0.717, 1.165) is 5.56 Å². The third-order valence-corrected chi connectivity index (χ3v) is 4.26. The molecule has 0 spiro atoms. The molecule has 0 aliphatic heterocycles. The number of amides is 1. The van der Waals surface area contributed by atoms with Crippen LogP contribution in [0.1, 0.15) is 33.0 Å². The summed E-state index contributed by atoms with van der Waals surface area (Å²) in [7, 11) is 0. The molecule has 3 N–H and O–H groups in total. The molecule has 1 aromatic carbocycles. The number of benzene rings is 1. The molecule has 1 unspecified atom stereocenters. The van der Waals surface area contributed by atoms with Crippen molar-refractivity contribution in [3.63, 3.8) is 0 Å². The van der Waals surface area contributed by atoms with Gasteiger partial charge in [-0.05, 0) is 54.2 Å². The maximum atomic E-state index is 12.5. The Morgan fingerprint density at radius 1 is 1.38 bits per heavy atom. The van der Waals surface area contributed by atoms with E-state index in [4.69, 9.17) is 10.7 Å². The van der Waals surface area contributed by atoms with Crippen LogP contribution >= 0.6 is 15.9 Å². The van der Waals surface area contributed by atoms with Gasteiger partial charge in [-0.15, -0.1) is 0 Å². The first-order valence-corrected chi connectivity index (χ1v) is 8.37. The van der Waals surface area contributed by atoms with Crippen molar-refractivity contribution in [2.24, 2.45) is 5.90 Å². The van der Waals surface area contributed by atoms with Crippen LogP contribution in [0, 0.1) is 20.8 Å². The van der Waals surface area contributed by atoms with E-state index in [1.807, 2.05) is 6.92 Å². The number of carbonyl (C=O) groups excluding carboxylic acids is 1. The predicted molar refractivity (Wildman–Crippen MR) is 95.5 cm³/mol. The molecule has 1 amide bonds. The van der Waals surface area contributed by atoms with E-state index in [0.29, 0.717) is 22.4 Å². The van der Waals surface area contributed by atoms with Crippen LogP contribution in [-0.4, -0.2) is 28.5 Å². The number of nitrogens with two attached hydrogens (primary N) is 1. The summed E-state index contributed by atoms with van der Waals surface area (Å²) < 4.78 is 0.546. The second-order valence-electron chi connectivity index (χ2n) is 5.75. The molecule has 128 valence electrons. The van der Waals surface area contributed by atoms with E-state index >= 15 is 0 Å². The molecular formula is C17H21BrN4O2. The van der Waals surface area contributed by atoms with E-state index in [1.54, 1.807) is 13.1 Å². The molecule has 0 radical (unpaired) electrons. The molecule has 0 saturated carbocycles. The molecule has 2 rings (SSSR count). The monoisotopic (exact) mass is 392 g/mol. The average molecular weight is 393 g/mol. The van der Waals surface area contributed by atoms with Crippen molar-refractivity contribution in [1.29, 1.82) is 0 Å². The van der Waals surface area contributed by atoms with Gasteiger partial charge in [0.2, 0.25) is 0 Å². The Labute approximate surface area is 149 Å². The Bertz CT molecular complexity index is 737. The van der Waals surface area contributed by atoms with E-state index < -0.39 is 0 Å². The smallest absolute Gasteiger partial charge is 0.271 e. The van der Waals surface area contributed by atoms with Crippen molar-refractivity contribution >= 4 is 21.8 Å². The topological polar surface area (TPSA) is 90.1 Å². The number of nitrogens with one attached hydrogen (secondary N) is 1. The zero-order valence-electron chi connectivity index (χ0n) is 14.0. The average Bonchev–Trinajstić information content (AvgIpc) is 2.52. The molecule has 7 heteroatoms. The highest BCUT2D eigenvalue weighted by molar-refractivity contribution is 9.10. The number of rotatable bonds is 6. The van der Waals surface area contributed by atoms with Crippen LogP contribution in [0.5, 0.6) is 0 Å². The quantitative estimate of drug-likeness (QED) is 0.736. The van der Waals surface area contributed by atoms with Crippen LogP contribution in [0.15, 0.2) is 28.9 Å². The van der Waals surface area contributed by atoms with Gasteiger partial charge in [0.15, 0.2) is 0 Å². The minimum Gasteiger partial charge on any atom is -0.345 e. The third kappa shape index (κ3) is 4.83. The summed E-state index contributed by atoms with van der Waals surface area (Å²) in [6.07, 6.45) is 2.19. The maximum Gasteiger partial charge on any atom is 0.271 e. The van der Waals surface area contributed by atoms with Crippen molar-refractivity contribution in [2.45, 2.75) is 33.2 Å². The van der Waals surface area contributed by atoms with Gasteiger partial charge in [0, 0.05) is 6.20 Å². The fraction of sp³-hybridized carbons (Fsp3) is 0.353. The van der Waals surface area contributed by atoms with Gasteiger partial charge in [-0.3, -0.25) is 4.79 Å². The lowest BCUT2D eigenvalue weighted by Crippen LogP contribution is -2.41. The lowest BCUT2D eigenvalue weighted by molar-refractivity contribution is 0.0834. The summed E-state index contributed by atoms with van der Waals surface area (Å²) in [5.74, 6) is 5.47. The molecular weight excluding hydrogens is 372 g/mol. The summed E-state index contributed by atoms with van der Waals surface area (Å²) in [5, 5.41) is 2.93.